The Kier molecular flexibility index (Phi) is 5.19. The second-order valence-electron chi connectivity index (χ2n) is 4.04. The van der Waals surface area contributed by atoms with Gasteiger partial charge in [0.05, 0.1) is 6.10 Å². The van der Waals surface area contributed by atoms with E-state index in [-0.39, 0.29) is 6.10 Å². The number of hydrogen-bond donors (Lipinski definition) is 2. The van der Waals surface area contributed by atoms with E-state index in [4.69, 9.17) is 0 Å². The van der Waals surface area contributed by atoms with Crippen molar-refractivity contribution < 1.29 is 5.11 Å². The Balaban J connectivity index is 2.27. The summed E-state index contributed by atoms with van der Waals surface area (Å²) in [4.78, 5) is 0. The van der Waals surface area contributed by atoms with Crippen LogP contribution in [0.25, 0.3) is 0 Å². The van der Waals surface area contributed by atoms with E-state index in [1.54, 1.807) is 0 Å². The van der Waals surface area contributed by atoms with Gasteiger partial charge in [0.15, 0.2) is 0 Å². The van der Waals surface area contributed by atoms with Gasteiger partial charge in [0, 0.05) is 12.2 Å². The number of aryl methyl sites for hydroxylation is 1. The van der Waals surface area contributed by atoms with Crippen LogP contribution in [0.2, 0.25) is 0 Å². The second kappa shape index (κ2) is 6.46. The van der Waals surface area contributed by atoms with Crippen molar-refractivity contribution in [3.05, 3.63) is 29.8 Å². The Hall–Kier alpha value is -1.02. The highest BCUT2D eigenvalue weighted by atomic mass is 16.3. The topological polar surface area (TPSA) is 32.3 Å². The fourth-order valence-electron chi connectivity index (χ4n) is 1.45. The van der Waals surface area contributed by atoms with Crippen LogP contribution in [-0.2, 0) is 0 Å². The van der Waals surface area contributed by atoms with Gasteiger partial charge in [-0.1, -0.05) is 37.5 Å². The average molecular weight is 207 g/mol. The first-order valence-corrected chi connectivity index (χ1v) is 5.71. The molecule has 2 nitrogen and oxygen atoms in total. The third-order valence-corrected chi connectivity index (χ3v) is 2.48. The van der Waals surface area contributed by atoms with Crippen molar-refractivity contribution >= 4 is 5.69 Å². The minimum Gasteiger partial charge on any atom is -0.391 e. The molecule has 0 spiro atoms. The van der Waals surface area contributed by atoms with Gasteiger partial charge in [-0.15, -0.1) is 0 Å². The lowest BCUT2D eigenvalue weighted by atomic mass is 10.1. The maximum Gasteiger partial charge on any atom is 0.0712 e. The van der Waals surface area contributed by atoms with Crippen molar-refractivity contribution in [2.75, 3.05) is 11.9 Å². The van der Waals surface area contributed by atoms with E-state index in [0.717, 1.165) is 24.9 Å². The minimum absolute atomic E-state index is 0.230. The van der Waals surface area contributed by atoms with E-state index in [1.165, 1.54) is 5.56 Å². The molecule has 1 aromatic rings. The first-order chi connectivity index (χ1) is 7.22. The lowest BCUT2D eigenvalue weighted by Crippen LogP contribution is -2.19. The largest absolute Gasteiger partial charge is 0.391 e. The molecule has 0 bridgehead atoms. The summed E-state index contributed by atoms with van der Waals surface area (Å²) in [5, 5.41) is 12.9. The number of hydrogen-bond acceptors (Lipinski definition) is 2. The summed E-state index contributed by atoms with van der Waals surface area (Å²) in [6.45, 7) is 4.85. The Morgan fingerprint density at radius 2 is 1.93 bits per heavy atom. The van der Waals surface area contributed by atoms with Crippen LogP contribution in [0.1, 0.15) is 31.7 Å². The molecule has 1 aromatic carbocycles. The lowest BCUT2D eigenvalue weighted by Gasteiger charge is -2.12. The van der Waals surface area contributed by atoms with Gasteiger partial charge in [-0.2, -0.15) is 0 Å². The van der Waals surface area contributed by atoms with Crippen LogP contribution in [-0.4, -0.2) is 17.8 Å². The van der Waals surface area contributed by atoms with Crippen LogP contribution < -0.4 is 5.32 Å². The molecule has 15 heavy (non-hydrogen) atoms. The summed E-state index contributed by atoms with van der Waals surface area (Å²) >= 11 is 0. The molecular formula is C13H21NO. The molecule has 1 unspecified atom stereocenters. The zero-order chi connectivity index (χ0) is 11.1. The Morgan fingerprint density at radius 1 is 1.27 bits per heavy atom. The molecule has 0 amide bonds. The Labute approximate surface area is 92.3 Å². The van der Waals surface area contributed by atoms with E-state index in [0.29, 0.717) is 6.54 Å². The summed E-state index contributed by atoms with van der Waals surface area (Å²) < 4.78 is 0. The predicted octanol–water partition coefficient (Wildman–Crippen LogP) is 2.96. The summed E-state index contributed by atoms with van der Waals surface area (Å²) in [7, 11) is 0. The number of aliphatic hydroxyl groups is 1. The van der Waals surface area contributed by atoms with Gasteiger partial charge in [0.25, 0.3) is 0 Å². The van der Waals surface area contributed by atoms with Gasteiger partial charge < -0.3 is 10.4 Å². The van der Waals surface area contributed by atoms with Gasteiger partial charge in [-0.3, -0.25) is 0 Å². The number of unbranched alkanes of at least 4 members (excludes halogenated alkanes) is 1. The number of benzene rings is 1. The third-order valence-electron chi connectivity index (χ3n) is 2.48. The quantitative estimate of drug-likeness (QED) is 0.751. The molecule has 2 heteroatoms. The van der Waals surface area contributed by atoms with Crippen molar-refractivity contribution in [1.82, 2.24) is 0 Å². The van der Waals surface area contributed by atoms with Crippen molar-refractivity contribution in [1.29, 1.82) is 0 Å². The molecule has 1 atom stereocenters. The summed E-state index contributed by atoms with van der Waals surface area (Å²) in [5.41, 5.74) is 2.34. The van der Waals surface area contributed by atoms with Crippen LogP contribution in [0.4, 0.5) is 5.69 Å². The van der Waals surface area contributed by atoms with Crippen molar-refractivity contribution in [3.8, 4) is 0 Å². The fraction of sp³-hybridized carbons (Fsp3) is 0.538. The average Bonchev–Trinajstić information content (AvgIpc) is 2.25. The summed E-state index contributed by atoms with van der Waals surface area (Å²) in [6, 6.07) is 8.23. The first kappa shape index (κ1) is 12.1. The van der Waals surface area contributed by atoms with Crippen molar-refractivity contribution in [2.45, 2.75) is 39.2 Å². The van der Waals surface area contributed by atoms with Gasteiger partial charge in [0.2, 0.25) is 0 Å². The molecule has 0 radical (unpaired) electrons. The van der Waals surface area contributed by atoms with Crippen LogP contribution in [0.15, 0.2) is 24.3 Å². The molecule has 0 aliphatic heterocycles. The summed E-state index contributed by atoms with van der Waals surface area (Å²) in [5.74, 6) is 0. The smallest absolute Gasteiger partial charge is 0.0712 e. The van der Waals surface area contributed by atoms with Crippen LogP contribution in [0.3, 0.4) is 0 Å². The SMILES string of the molecule is CCCCC(O)CNc1ccc(C)cc1. The number of anilines is 1. The predicted molar refractivity (Wildman–Crippen MR) is 65.2 cm³/mol. The number of rotatable bonds is 6. The van der Waals surface area contributed by atoms with E-state index in [9.17, 15) is 5.11 Å². The maximum atomic E-state index is 9.63. The maximum absolute atomic E-state index is 9.63. The van der Waals surface area contributed by atoms with Crippen LogP contribution in [0, 0.1) is 6.92 Å². The second-order valence-corrected chi connectivity index (χ2v) is 4.04. The molecule has 0 saturated heterocycles. The van der Waals surface area contributed by atoms with Crippen LogP contribution >= 0.6 is 0 Å². The number of aliphatic hydroxyl groups excluding tert-OH is 1. The molecule has 0 heterocycles. The van der Waals surface area contributed by atoms with Gasteiger partial charge >= 0.3 is 0 Å². The van der Waals surface area contributed by atoms with E-state index < -0.39 is 0 Å². The standard InChI is InChI=1S/C13H21NO/c1-3-4-5-13(15)10-14-12-8-6-11(2)7-9-12/h6-9,13-15H,3-5,10H2,1-2H3. The van der Waals surface area contributed by atoms with E-state index >= 15 is 0 Å². The van der Waals surface area contributed by atoms with E-state index in [2.05, 4.69) is 31.3 Å². The molecule has 0 saturated carbocycles. The monoisotopic (exact) mass is 207 g/mol. The van der Waals surface area contributed by atoms with Crippen molar-refractivity contribution in [2.24, 2.45) is 0 Å². The summed E-state index contributed by atoms with van der Waals surface area (Å²) in [6.07, 6.45) is 2.89. The molecule has 0 aromatic heterocycles. The Bertz CT molecular complexity index is 268. The minimum atomic E-state index is -0.230. The van der Waals surface area contributed by atoms with Gasteiger partial charge in [0.1, 0.15) is 0 Å². The zero-order valence-electron chi connectivity index (χ0n) is 9.66. The molecule has 0 aliphatic carbocycles. The normalized spacial score (nSPS) is 12.5. The highest BCUT2D eigenvalue weighted by molar-refractivity contribution is 5.44. The first-order valence-electron chi connectivity index (χ1n) is 5.71. The molecule has 2 N–H and O–H groups in total. The molecule has 0 aliphatic rings. The van der Waals surface area contributed by atoms with Gasteiger partial charge in [-0.05, 0) is 25.5 Å². The van der Waals surface area contributed by atoms with E-state index in [1.807, 2.05) is 12.1 Å². The molecule has 1 rings (SSSR count). The zero-order valence-corrected chi connectivity index (χ0v) is 9.66. The third kappa shape index (κ3) is 4.84. The highest BCUT2D eigenvalue weighted by Crippen LogP contribution is 2.09. The fourth-order valence-corrected chi connectivity index (χ4v) is 1.45. The van der Waals surface area contributed by atoms with Crippen molar-refractivity contribution in [3.63, 3.8) is 0 Å². The molecule has 84 valence electrons. The number of nitrogens with one attached hydrogen (secondary N) is 1. The molecular weight excluding hydrogens is 186 g/mol. The van der Waals surface area contributed by atoms with Crippen LogP contribution in [0.5, 0.6) is 0 Å². The lowest BCUT2D eigenvalue weighted by molar-refractivity contribution is 0.174. The molecule has 0 fully saturated rings. The Morgan fingerprint density at radius 3 is 2.53 bits per heavy atom. The highest BCUT2D eigenvalue weighted by Gasteiger charge is 2.02. The van der Waals surface area contributed by atoms with Gasteiger partial charge in [-0.25, -0.2) is 0 Å².